The summed E-state index contributed by atoms with van der Waals surface area (Å²) in [4.78, 5) is 4.08. The topological polar surface area (TPSA) is 70.7 Å². The van der Waals surface area contributed by atoms with Crippen LogP contribution in [-0.2, 0) is 29.5 Å². The van der Waals surface area contributed by atoms with Gasteiger partial charge in [-0.15, -0.1) is 0 Å². The van der Waals surface area contributed by atoms with Crippen LogP contribution in [0.1, 0.15) is 5.56 Å². The van der Waals surface area contributed by atoms with Gasteiger partial charge in [-0.25, -0.2) is 17.2 Å². The number of hydrogen-bond acceptors (Lipinski definition) is 5. The zero-order chi connectivity index (χ0) is 26.6. The second-order valence-corrected chi connectivity index (χ2v) is 11.9. The molecule has 0 spiro atoms. The largest absolute Gasteiger partial charge is 0.395 e. The molecule has 2 aromatic heterocycles. The highest BCUT2D eigenvalue weighted by Gasteiger charge is 2.16. The van der Waals surface area contributed by atoms with Gasteiger partial charge in [0.05, 0.1) is 23.4 Å². The summed E-state index contributed by atoms with van der Waals surface area (Å²) in [5.41, 5.74) is 2.56. The number of nitrogens with zero attached hydrogens (tertiary/aromatic N) is 4. The van der Waals surface area contributed by atoms with Gasteiger partial charge in [-0.1, -0.05) is 0 Å². The van der Waals surface area contributed by atoms with Gasteiger partial charge < -0.3 is 19.1 Å². The number of aliphatic hydroxyl groups excluding tert-OH is 1. The van der Waals surface area contributed by atoms with E-state index in [0.717, 1.165) is 27.4 Å². The molecule has 200 valence electrons. The van der Waals surface area contributed by atoms with E-state index in [9.17, 15) is 22.3 Å². The number of aliphatic hydroxyl groups is 1. The Kier molecular flexibility index (Phi) is 8.63. The number of benzene rings is 2. The van der Waals surface area contributed by atoms with E-state index in [-0.39, 0.29) is 24.0 Å². The van der Waals surface area contributed by atoms with Gasteiger partial charge >= 0.3 is 0 Å². The SMILES string of the molecule is CN(CCO)CCn1cc(CN(CCn2ccc3ccc(F)cc32)CCS(C)(=O)=O)c2ccc(F)cc21. The predicted octanol–water partition coefficient (Wildman–Crippen LogP) is 3.35. The van der Waals surface area contributed by atoms with Crippen molar-refractivity contribution in [3.05, 3.63) is 72.1 Å². The van der Waals surface area contributed by atoms with Crippen LogP contribution in [0.15, 0.2) is 54.9 Å². The zero-order valence-electron chi connectivity index (χ0n) is 21.3. The molecule has 37 heavy (non-hydrogen) atoms. The fourth-order valence-electron chi connectivity index (χ4n) is 4.62. The second kappa shape index (κ2) is 11.7. The van der Waals surface area contributed by atoms with Crippen molar-refractivity contribution in [1.82, 2.24) is 18.9 Å². The minimum absolute atomic E-state index is 0.0211. The molecule has 0 atom stereocenters. The lowest BCUT2D eigenvalue weighted by molar-refractivity contribution is 0.217. The number of hydrogen-bond donors (Lipinski definition) is 1. The highest BCUT2D eigenvalue weighted by Crippen LogP contribution is 2.24. The Balaban J connectivity index is 1.58. The lowest BCUT2D eigenvalue weighted by Crippen LogP contribution is -2.31. The minimum atomic E-state index is -3.17. The van der Waals surface area contributed by atoms with Crippen LogP contribution in [-0.4, -0.2) is 84.3 Å². The first kappa shape index (κ1) is 27.3. The molecule has 0 unspecified atom stereocenters. The second-order valence-electron chi connectivity index (χ2n) is 9.65. The quantitative estimate of drug-likeness (QED) is 0.286. The van der Waals surface area contributed by atoms with Crippen molar-refractivity contribution >= 4 is 31.6 Å². The molecular weight excluding hydrogens is 498 g/mol. The fourth-order valence-corrected chi connectivity index (χ4v) is 5.21. The van der Waals surface area contributed by atoms with Gasteiger partial charge in [-0.05, 0) is 60.5 Å². The van der Waals surface area contributed by atoms with Crippen molar-refractivity contribution in [2.24, 2.45) is 0 Å². The number of sulfone groups is 1. The lowest BCUT2D eigenvalue weighted by atomic mass is 10.1. The first-order chi connectivity index (χ1) is 17.6. The maximum atomic E-state index is 14.1. The summed E-state index contributed by atoms with van der Waals surface area (Å²) in [5, 5.41) is 11.0. The summed E-state index contributed by atoms with van der Waals surface area (Å²) in [7, 11) is -1.25. The van der Waals surface area contributed by atoms with E-state index in [1.807, 2.05) is 39.5 Å². The molecule has 0 radical (unpaired) electrons. The Labute approximate surface area is 216 Å². The molecule has 1 N–H and O–H groups in total. The number of rotatable bonds is 13. The van der Waals surface area contributed by atoms with Gasteiger partial charge in [0.15, 0.2) is 0 Å². The number of aromatic nitrogens is 2. The van der Waals surface area contributed by atoms with Gasteiger partial charge in [0.2, 0.25) is 0 Å². The van der Waals surface area contributed by atoms with Crippen LogP contribution < -0.4 is 0 Å². The highest BCUT2D eigenvalue weighted by molar-refractivity contribution is 7.90. The molecular formula is C27H34F2N4O3S. The third-order valence-electron chi connectivity index (χ3n) is 6.70. The van der Waals surface area contributed by atoms with Crippen LogP contribution >= 0.6 is 0 Å². The first-order valence-electron chi connectivity index (χ1n) is 12.3. The van der Waals surface area contributed by atoms with Gasteiger partial charge in [-0.3, -0.25) is 4.90 Å². The van der Waals surface area contributed by atoms with E-state index in [1.54, 1.807) is 12.1 Å². The van der Waals surface area contributed by atoms with Crippen molar-refractivity contribution in [2.45, 2.75) is 19.6 Å². The molecule has 4 aromatic rings. The van der Waals surface area contributed by atoms with Crippen LogP contribution in [0.2, 0.25) is 0 Å². The molecule has 7 nitrogen and oxygen atoms in total. The summed E-state index contributed by atoms with van der Waals surface area (Å²) >= 11 is 0. The Hall–Kier alpha value is -2.79. The Bertz CT molecular complexity index is 1470. The van der Waals surface area contributed by atoms with E-state index in [1.165, 1.54) is 30.5 Å². The Morgan fingerprint density at radius 1 is 0.892 bits per heavy atom. The molecule has 0 saturated carbocycles. The molecule has 2 heterocycles. The average molecular weight is 533 g/mol. The molecule has 0 saturated heterocycles. The van der Waals surface area contributed by atoms with Gasteiger partial charge in [0.25, 0.3) is 0 Å². The molecule has 0 aliphatic rings. The molecule has 2 aromatic carbocycles. The van der Waals surface area contributed by atoms with Crippen LogP contribution in [0, 0.1) is 11.6 Å². The maximum Gasteiger partial charge on any atom is 0.148 e. The summed E-state index contributed by atoms with van der Waals surface area (Å²) < 4.78 is 55.8. The Morgan fingerprint density at radius 3 is 2.32 bits per heavy atom. The zero-order valence-corrected chi connectivity index (χ0v) is 22.1. The predicted molar refractivity (Wildman–Crippen MR) is 143 cm³/mol. The van der Waals surface area contributed by atoms with Crippen molar-refractivity contribution in [3.8, 4) is 0 Å². The standard InChI is InChI=1S/C27H34F2N4O3S/c1-30(13-15-34)9-11-33-20-22(25-6-5-24(29)18-27(25)33)19-31(14-16-37(2,35)36)10-12-32-8-7-21-3-4-23(28)17-26(21)32/h3-8,17-18,20,34H,9-16,19H2,1-2H3. The molecule has 0 aliphatic heterocycles. The van der Waals surface area contributed by atoms with Gasteiger partial charge in [0, 0.05) is 69.8 Å². The van der Waals surface area contributed by atoms with Crippen molar-refractivity contribution in [1.29, 1.82) is 0 Å². The number of likely N-dealkylation sites (N-methyl/N-ethyl adjacent to an activating group) is 1. The van der Waals surface area contributed by atoms with E-state index >= 15 is 0 Å². The van der Waals surface area contributed by atoms with Crippen LogP contribution in [0.5, 0.6) is 0 Å². The van der Waals surface area contributed by atoms with E-state index in [2.05, 4.69) is 4.90 Å². The highest BCUT2D eigenvalue weighted by atomic mass is 32.2. The third-order valence-corrected chi connectivity index (χ3v) is 7.62. The fraction of sp³-hybridized carbons (Fsp3) is 0.407. The van der Waals surface area contributed by atoms with Gasteiger partial charge in [-0.2, -0.15) is 0 Å². The van der Waals surface area contributed by atoms with E-state index in [0.29, 0.717) is 45.8 Å². The summed E-state index contributed by atoms with van der Waals surface area (Å²) in [6.45, 7) is 3.90. The van der Waals surface area contributed by atoms with Crippen molar-refractivity contribution in [3.63, 3.8) is 0 Å². The molecule has 0 fully saturated rings. The smallest absolute Gasteiger partial charge is 0.148 e. The molecule has 0 bridgehead atoms. The monoisotopic (exact) mass is 532 g/mol. The molecule has 4 rings (SSSR count). The first-order valence-corrected chi connectivity index (χ1v) is 14.4. The third kappa shape index (κ3) is 7.16. The summed E-state index contributed by atoms with van der Waals surface area (Å²) in [6, 6.07) is 11.4. The van der Waals surface area contributed by atoms with Crippen molar-refractivity contribution < 1.29 is 22.3 Å². The molecule has 10 heteroatoms. The lowest BCUT2D eigenvalue weighted by Gasteiger charge is -2.22. The summed E-state index contributed by atoms with van der Waals surface area (Å²) in [6.07, 6.45) is 5.14. The maximum absolute atomic E-state index is 14.1. The normalized spacial score (nSPS) is 12.5. The van der Waals surface area contributed by atoms with Crippen molar-refractivity contribution in [2.75, 3.05) is 51.8 Å². The van der Waals surface area contributed by atoms with Crippen LogP contribution in [0.25, 0.3) is 21.8 Å². The van der Waals surface area contributed by atoms with E-state index in [4.69, 9.17) is 0 Å². The molecule has 0 aliphatic carbocycles. The number of halogens is 2. The van der Waals surface area contributed by atoms with Crippen LogP contribution in [0.3, 0.4) is 0 Å². The summed E-state index contributed by atoms with van der Waals surface area (Å²) in [5.74, 6) is -0.596. The average Bonchev–Trinajstić information content (AvgIpc) is 3.39. The Morgan fingerprint density at radius 2 is 1.59 bits per heavy atom. The van der Waals surface area contributed by atoms with E-state index < -0.39 is 9.84 Å². The van der Waals surface area contributed by atoms with Crippen LogP contribution in [0.4, 0.5) is 8.78 Å². The number of fused-ring (bicyclic) bond motifs is 2. The van der Waals surface area contributed by atoms with Gasteiger partial charge in [0.1, 0.15) is 21.5 Å². The minimum Gasteiger partial charge on any atom is -0.395 e. The molecule has 0 amide bonds.